The highest BCUT2D eigenvalue weighted by atomic mass is 32.1. The fourth-order valence-corrected chi connectivity index (χ4v) is 3.41. The summed E-state index contributed by atoms with van der Waals surface area (Å²) in [4.78, 5) is 16.4. The van der Waals surface area contributed by atoms with Gasteiger partial charge < -0.3 is 4.90 Å². The van der Waals surface area contributed by atoms with Crippen molar-refractivity contribution in [2.24, 2.45) is 0 Å². The van der Waals surface area contributed by atoms with Crippen LogP contribution in [-0.4, -0.2) is 47.8 Å². The summed E-state index contributed by atoms with van der Waals surface area (Å²) < 4.78 is 1.87. The molecule has 0 saturated heterocycles. The molecule has 0 radical (unpaired) electrons. The molecule has 3 heterocycles. The number of aromatic nitrogens is 6. The summed E-state index contributed by atoms with van der Waals surface area (Å²) in [5.41, 5.74) is 2.15. The van der Waals surface area contributed by atoms with Crippen LogP contribution < -0.4 is 0 Å². The fourth-order valence-electron chi connectivity index (χ4n) is 2.76. The minimum Gasteiger partial charge on any atom is -0.340 e. The molecule has 0 bridgehead atoms. The predicted molar refractivity (Wildman–Crippen MR) is 105 cm³/mol. The van der Waals surface area contributed by atoms with Crippen LogP contribution >= 0.6 is 11.3 Å². The highest BCUT2D eigenvalue weighted by molar-refractivity contribution is 7.13. The third kappa shape index (κ3) is 4.32. The van der Waals surface area contributed by atoms with Gasteiger partial charge in [-0.15, -0.1) is 21.5 Å². The largest absolute Gasteiger partial charge is 0.340 e. The number of thiophene rings is 1. The number of tetrazole rings is 1. The first-order valence-electron chi connectivity index (χ1n) is 8.78. The number of rotatable bonds is 7. The molecule has 1 amide bonds. The Bertz CT molecular complexity index is 1040. The van der Waals surface area contributed by atoms with E-state index in [9.17, 15) is 4.79 Å². The Kier molecular flexibility index (Phi) is 5.24. The van der Waals surface area contributed by atoms with Gasteiger partial charge >= 0.3 is 0 Å². The topological polar surface area (TPSA) is 81.7 Å². The zero-order chi connectivity index (χ0) is 19.3. The molecule has 3 aromatic heterocycles. The van der Waals surface area contributed by atoms with Crippen LogP contribution in [0.25, 0.3) is 10.7 Å². The van der Waals surface area contributed by atoms with Crippen molar-refractivity contribution in [3.05, 3.63) is 71.4 Å². The third-order valence-corrected chi connectivity index (χ3v) is 5.06. The molecule has 0 spiro atoms. The summed E-state index contributed by atoms with van der Waals surface area (Å²) in [5.74, 6) is 0.443. The van der Waals surface area contributed by atoms with Crippen molar-refractivity contribution in [2.75, 3.05) is 7.05 Å². The van der Waals surface area contributed by atoms with E-state index in [4.69, 9.17) is 0 Å². The number of likely N-dealkylation sites (N-methyl/N-ethyl adjacent to an activating group) is 1. The fraction of sp³-hybridized carbons (Fsp3) is 0.211. The van der Waals surface area contributed by atoms with Crippen molar-refractivity contribution >= 4 is 17.2 Å². The van der Waals surface area contributed by atoms with Crippen LogP contribution in [0.2, 0.25) is 0 Å². The van der Waals surface area contributed by atoms with Crippen LogP contribution in [-0.2, 0) is 24.4 Å². The van der Waals surface area contributed by atoms with Gasteiger partial charge in [0.05, 0.1) is 17.6 Å². The second kappa shape index (κ2) is 8.13. The van der Waals surface area contributed by atoms with E-state index in [1.54, 1.807) is 18.1 Å². The van der Waals surface area contributed by atoms with Gasteiger partial charge in [-0.2, -0.15) is 9.90 Å². The summed E-state index contributed by atoms with van der Waals surface area (Å²) in [6, 6.07) is 14.0. The number of carbonyl (C=O) groups excluding carboxylic acids is 1. The van der Waals surface area contributed by atoms with E-state index in [1.807, 2.05) is 46.6 Å². The Hall–Kier alpha value is -3.33. The first-order valence-corrected chi connectivity index (χ1v) is 9.66. The Morgan fingerprint density at radius 3 is 2.79 bits per heavy atom. The summed E-state index contributed by atoms with van der Waals surface area (Å²) >= 11 is 1.54. The number of benzene rings is 1. The van der Waals surface area contributed by atoms with Crippen molar-refractivity contribution in [3.8, 4) is 10.7 Å². The predicted octanol–water partition coefficient (Wildman–Crippen LogP) is 2.31. The van der Waals surface area contributed by atoms with Crippen molar-refractivity contribution in [1.29, 1.82) is 0 Å². The van der Waals surface area contributed by atoms with E-state index < -0.39 is 0 Å². The molecule has 0 aliphatic heterocycles. The van der Waals surface area contributed by atoms with Crippen molar-refractivity contribution in [3.63, 3.8) is 0 Å². The molecule has 28 heavy (non-hydrogen) atoms. The number of amides is 1. The Labute approximate surface area is 166 Å². The highest BCUT2D eigenvalue weighted by Gasteiger charge is 2.14. The van der Waals surface area contributed by atoms with Gasteiger partial charge in [-0.3, -0.25) is 9.48 Å². The number of hydrogen-bond donors (Lipinski definition) is 0. The molecule has 0 aliphatic rings. The number of carbonyl (C=O) groups is 1. The molecular weight excluding hydrogens is 374 g/mol. The molecule has 0 N–H and O–H groups in total. The monoisotopic (exact) mass is 393 g/mol. The smallest absolute Gasteiger partial charge is 0.246 e. The molecule has 8 nitrogen and oxygen atoms in total. The lowest BCUT2D eigenvalue weighted by atomic mass is 10.2. The zero-order valence-corrected chi connectivity index (χ0v) is 16.2. The lowest BCUT2D eigenvalue weighted by Gasteiger charge is -2.15. The van der Waals surface area contributed by atoms with Crippen molar-refractivity contribution in [1.82, 2.24) is 34.9 Å². The van der Waals surface area contributed by atoms with E-state index in [-0.39, 0.29) is 12.5 Å². The lowest BCUT2D eigenvalue weighted by Crippen LogP contribution is -2.30. The van der Waals surface area contributed by atoms with Gasteiger partial charge in [0.2, 0.25) is 11.7 Å². The van der Waals surface area contributed by atoms with Crippen LogP contribution in [0.15, 0.2) is 60.2 Å². The number of hydrogen-bond acceptors (Lipinski definition) is 6. The first kappa shape index (κ1) is 18.1. The van der Waals surface area contributed by atoms with E-state index >= 15 is 0 Å². The van der Waals surface area contributed by atoms with Crippen LogP contribution in [0.4, 0.5) is 0 Å². The summed E-state index contributed by atoms with van der Waals surface area (Å²) in [5, 5.41) is 18.6. The van der Waals surface area contributed by atoms with E-state index in [0.29, 0.717) is 18.9 Å². The molecular formula is C19H19N7OS. The zero-order valence-electron chi connectivity index (χ0n) is 15.3. The van der Waals surface area contributed by atoms with Gasteiger partial charge in [0.1, 0.15) is 6.54 Å². The highest BCUT2D eigenvalue weighted by Crippen LogP contribution is 2.19. The molecule has 142 valence electrons. The quantitative estimate of drug-likeness (QED) is 0.481. The van der Waals surface area contributed by atoms with Crippen molar-refractivity contribution < 1.29 is 4.79 Å². The molecule has 1 aromatic carbocycles. The van der Waals surface area contributed by atoms with Gasteiger partial charge in [-0.1, -0.05) is 36.4 Å². The minimum absolute atomic E-state index is 0.0486. The molecule has 4 rings (SSSR count). The van der Waals surface area contributed by atoms with Gasteiger partial charge in [0.25, 0.3) is 0 Å². The second-order valence-corrected chi connectivity index (χ2v) is 7.35. The molecule has 9 heteroatoms. The Morgan fingerprint density at radius 2 is 2.00 bits per heavy atom. The average Bonchev–Trinajstić information content (AvgIpc) is 3.44. The van der Waals surface area contributed by atoms with Gasteiger partial charge in [0, 0.05) is 25.4 Å². The van der Waals surface area contributed by atoms with Gasteiger partial charge in [-0.05, 0) is 22.2 Å². The van der Waals surface area contributed by atoms with E-state index in [1.165, 1.54) is 21.7 Å². The first-order chi connectivity index (χ1) is 13.7. The standard InChI is InChI=1S/C19H19N7OS/c1-24(11-16-10-20-25(13-16)12-15-6-3-2-4-7-15)18(27)14-26-22-19(21-23-26)17-8-5-9-28-17/h2-10,13H,11-12,14H2,1H3. The molecule has 0 atom stereocenters. The maximum Gasteiger partial charge on any atom is 0.246 e. The van der Waals surface area contributed by atoms with Crippen molar-refractivity contribution in [2.45, 2.75) is 19.6 Å². The Balaban J connectivity index is 1.33. The molecule has 0 fully saturated rings. The van der Waals surface area contributed by atoms with Gasteiger partial charge in [-0.25, -0.2) is 0 Å². The van der Waals surface area contributed by atoms with Crippen LogP contribution in [0.5, 0.6) is 0 Å². The second-order valence-electron chi connectivity index (χ2n) is 6.40. The van der Waals surface area contributed by atoms with E-state index in [2.05, 4.69) is 32.6 Å². The molecule has 0 unspecified atom stereocenters. The number of nitrogens with zero attached hydrogens (tertiary/aromatic N) is 7. The maximum absolute atomic E-state index is 12.5. The summed E-state index contributed by atoms with van der Waals surface area (Å²) in [7, 11) is 1.76. The lowest BCUT2D eigenvalue weighted by molar-refractivity contribution is -0.131. The van der Waals surface area contributed by atoms with Crippen LogP contribution in [0, 0.1) is 0 Å². The molecule has 0 aliphatic carbocycles. The minimum atomic E-state index is -0.0917. The average molecular weight is 393 g/mol. The summed E-state index contributed by atoms with van der Waals surface area (Å²) in [6.07, 6.45) is 3.74. The third-order valence-electron chi connectivity index (χ3n) is 4.19. The van der Waals surface area contributed by atoms with Crippen LogP contribution in [0.1, 0.15) is 11.1 Å². The van der Waals surface area contributed by atoms with E-state index in [0.717, 1.165) is 10.4 Å². The normalized spacial score (nSPS) is 10.9. The Morgan fingerprint density at radius 1 is 1.14 bits per heavy atom. The maximum atomic E-state index is 12.5. The molecule has 0 saturated carbocycles. The van der Waals surface area contributed by atoms with Gasteiger partial charge in [0.15, 0.2) is 0 Å². The molecule has 4 aromatic rings. The SMILES string of the molecule is CN(Cc1cnn(Cc2ccccc2)c1)C(=O)Cn1nnc(-c2cccs2)n1. The van der Waals surface area contributed by atoms with Crippen LogP contribution in [0.3, 0.4) is 0 Å². The summed E-state index contributed by atoms with van der Waals surface area (Å²) in [6.45, 7) is 1.22.